The van der Waals surface area contributed by atoms with Crippen LogP contribution in [0.5, 0.6) is 0 Å². The molecule has 26 heavy (non-hydrogen) atoms. The number of amides is 1. The van der Waals surface area contributed by atoms with Crippen molar-refractivity contribution in [3.63, 3.8) is 0 Å². The van der Waals surface area contributed by atoms with Crippen LogP contribution in [0.25, 0.3) is 16.7 Å². The number of benzene rings is 1. The summed E-state index contributed by atoms with van der Waals surface area (Å²) in [7, 11) is 0. The highest BCUT2D eigenvalue weighted by Gasteiger charge is 2.17. The van der Waals surface area contributed by atoms with E-state index in [0.29, 0.717) is 29.4 Å². The summed E-state index contributed by atoms with van der Waals surface area (Å²) >= 11 is 1.30. The van der Waals surface area contributed by atoms with E-state index in [2.05, 4.69) is 29.0 Å². The van der Waals surface area contributed by atoms with Crippen LogP contribution in [0, 0.1) is 0 Å². The maximum absolute atomic E-state index is 12.8. The molecule has 0 fully saturated rings. The summed E-state index contributed by atoms with van der Waals surface area (Å²) in [6.07, 6.45) is 3.49. The first-order valence-corrected chi connectivity index (χ1v) is 9.53. The van der Waals surface area contributed by atoms with Gasteiger partial charge in [0.15, 0.2) is 5.16 Å². The first-order valence-electron chi connectivity index (χ1n) is 8.54. The highest BCUT2D eigenvalue weighted by atomic mass is 32.2. The van der Waals surface area contributed by atoms with Gasteiger partial charge < -0.3 is 5.32 Å². The molecule has 1 N–H and O–H groups in total. The Hall–Kier alpha value is -2.61. The zero-order chi connectivity index (χ0) is 18.5. The topological polar surface area (TPSA) is 81.3 Å². The lowest BCUT2D eigenvalue weighted by Gasteiger charge is -2.10. The molecule has 0 saturated carbocycles. The lowest BCUT2D eigenvalue weighted by atomic mass is 10.2. The molecule has 1 aromatic carbocycles. The Balaban J connectivity index is 2.06. The zero-order valence-corrected chi connectivity index (χ0v) is 15.5. The Bertz CT molecular complexity index is 1010. The van der Waals surface area contributed by atoms with Crippen LogP contribution in [0.1, 0.15) is 19.8 Å². The summed E-state index contributed by atoms with van der Waals surface area (Å²) in [5, 5.41) is 12.4. The lowest BCUT2D eigenvalue weighted by molar-refractivity contribution is -0.118. The van der Waals surface area contributed by atoms with E-state index in [0.717, 1.165) is 18.4 Å². The minimum Gasteiger partial charge on any atom is -0.352 e. The number of carbonyl (C=O) groups is 1. The maximum Gasteiger partial charge on any atom is 0.262 e. The monoisotopic (exact) mass is 371 g/mol. The molecule has 0 bridgehead atoms. The van der Waals surface area contributed by atoms with E-state index in [-0.39, 0.29) is 17.2 Å². The average Bonchev–Trinajstić information content (AvgIpc) is 3.08. The average molecular weight is 371 g/mol. The second kappa shape index (κ2) is 8.18. The van der Waals surface area contributed by atoms with Crippen LogP contribution < -0.4 is 10.9 Å². The molecule has 8 heteroatoms. The van der Waals surface area contributed by atoms with E-state index in [1.54, 1.807) is 10.6 Å². The van der Waals surface area contributed by atoms with Crippen molar-refractivity contribution in [3.05, 3.63) is 47.3 Å². The van der Waals surface area contributed by atoms with E-state index >= 15 is 0 Å². The molecule has 3 aromatic rings. The van der Waals surface area contributed by atoms with Crippen LogP contribution in [0.15, 0.2) is 46.9 Å². The Morgan fingerprint density at radius 2 is 2.15 bits per heavy atom. The minimum atomic E-state index is -0.102. The van der Waals surface area contributed by atoms with Crippen molar-refractivity contribution in [3.8, 4) is 0 Å². The first kappa shape index (κ1) is 18.2. The normalized spacial score (nSPS) is 11.1. The van der Waals surface area contributed by atoms with Gasteiger partial charge in [0, 0.05) is 13.1 Å². The smallest absolute Gasteiger partial charge is 0.262 e. The molecular formula is C18H21N5O2S. The van der Waals surface area contributed by atoms with E-state index in [1.807, 2.05) is 28.7 Å². The maximum atomic E-state index is 12.8. The number of unbranched alkanes of at least 4 members (excludes halogenated alkanes) is 1. The Kier molecular flexibility index (Phi) is 5.72. The Labute approximate surface area is 155 Å². The summed E-state index contributed by atoms with van der Waals surface area (Å²) in [5.74, 6) is 0.628. The molecule has 0 aliphatic carbocycles. The van der Waals surface area contributed by atoms with Gasteiger partial charge in [0.2, 0.25) is 11.7 Å². The Morgan fingerprint density at radius 1 is 1.35 bits per heavy atom. The third-order valence-electron chi connectivity index (χ3n) is 3.99. The number of aromatic nitrogens is 4. The van der Waals surface area contributed by atoms with Crippen molar-refractivity contribution in [2.24, 2.45) is 0 Å². The largest absolute Gasteiger partial charge is 0.352 e. The molecule has 3 rings (SSSR count). The van der Waals surface area contributed by atoms with Crippen molar-refractivity contribution >= 4 is 34.3 Å². The van der Waals surface area contributed by atoms with Crippen LogP contribution in [0.4, 0.5) is 0 Å². The second-order valence-corrected chi connectivity index (χ2v) is 6.77. The van der Waals surface area contributed by atoms with Crippen LogP contribution in [-0.4, -0.2) is 37.4 Å². The van der Waals surface area contributed by atoms with E-state index < -0.39 is 0 Å². The molecule has 0 radical (unpaired) electrons. The fraction of sp³-hybridized carbons (Fsp3) is 0.333. The fourth-order valence-electron chi connectivity index (χ4n) is 2.71. The third kappa shape index (κ3) is 3.50. The van der Waals surface area contributed by atoms with Gasteiger partial charge in [-0.1, -0.05) is 43.3 Å². The van der Waals surface area contributed by atoms with Gasteiger partial charge in [0.1, 0.15) is 0 Å². The van der Waals surface area contributed by atoms with E-state index in [1.165, 1.54) is 11.8 Å². The highest BCUT2D eigenvalue weighted by molar-refractivity contribution is 7.99. The first-order chi connectivity index (χ1) is 12.7. The van der Waals surface area contributed by atoms with Crippen molar-refractivity contribution in [1.29, 1.82) is 0 Å². The van der Waals surface area contributed by atoms with Gasteiger partial charge in [-0.05, 0) is 18.6 Å². The summed E-state index contributed by atoms with van der Waals surface area (Å²) in [6, 6.07) is 7.41. The SMILES string of the molecule is C=CCNC(=O)CSc1nnc2n(CCCC)c(=O)c3ccccc3n12. The third-order valence-corrected chi connectivity index (χ3v) is 4.92. The van der Waals surface area contributed by atoms with Gasteiger partial charge >= 0.3 is 0 Å². The number of rotatable bonds is 8. The molecule has 2 aromatic heterocycles. The van der Waals surface area contributed by atoms with Gasteiger partial charge in [0.05, 0.1) is 16.7 Å². The number of para-hydroxylation sites is 1. The molecule has 1 amide bonds. The molecule has 0 unspecified atom stereocenters. The number of hydrogen-bond donors (Lipinski definition) is 1. The number of carbonyl (C=O) groups excluding carboxylic acids is 1. The van der Waals surface area contributed by atoms with Crippen LogP contribution >= 0.6 is 11.8 Å². The number of nitrogens with zero attached hydrogens (tertiary/aromatic N) is 4. The quantitative estimate of drug-likeness (QED) is 0.485. The van der Waals surface area contributed by atoms with Gasteiger partial charge in [-0.15, -0.1) is 16.8 Å². The van der Waals surface area contributed by atoms with E-state index in [4.69, 9.17) is 0 Å². The molecule has 136 valence electrons. The predicted octanol–water partition coefficient (Wildman–Crippen LogP) is 2.24. The molecule has 0 aliphatic heterocycles. The van der Waals surface area contributed by atoms with E-state index in [9.17, 15) is 9.59 Å². The molecule has 2 heterocycles. The van der Waals surface area contributed by atoms with Gasteiger partial charge in [-0.2, -0.15) is 0 Å². The van der Waals surface area contributed by atoms with Crippen LogP contribution in [-0.2, 0) is 11.3 Å². The van der Waals surface area contributed by atoms with Crippen LogP contribution in [0.3, 0.4) is 0 Å². The number of aryl methyl sites for hydroxylation is 1. The number of fused-ring (bicyclic) bond motifs is 3. The molecule has 0 saturated heterocycles. The molecule has 0 atom stereocenters. The summed E-state index contributed by atoms with van der Waals surface area (Å²) < 4.78 is 3.53. The van der Waals surface area contributed by atoms with Gasteiger partial charge in [0.25, 0.3) is 5.56 Å². The molecule has 7 nitrogen and oxygen atoms in total. The predicted molar refractivity (Wildman–Crippen MR) is 104 cm³/mol. The molecule has 0 aliphatic rings. The van der Waals surface area contributed by atoms with Gasteiger partial charge in [-0.3, -0.25) is 18.6 Å². The number of nitrogens with one attached hydrogen (secondary N) is 1. The van der Waals surface area contributed by atoms with Crippen molar-refractivity contribution in [2.45, 2.75) is 31.5 Å². The fourth-order valence-corrected chi connectivity index (χ4v) is 3.48. The summed E-state index contributed by atoms with van der Waals surface area (Å²) in [5.41, 5.74) is 0.688. The standard InChI is InChI=1S/C18H21N5O2S/c1-3-5-11-22-16(25)13-8-6-7-9-14(13)23-17(22)20-21-18(23)26-12-15(24)19-10-4-2/h4,6-9H,2-3,5,10-12H2,1H3,(H,19,24). The summed E-state index contributed by atoms with van der Waals surface area (Å²) in [4.78, 5) is 24.7. The number of hydrogen-bond acceptors (Lipinski definition) is 5. The number of thioether (sulfide) groups is 1. The Morgan fingerprint density at radius 3 is 2.92 bits per heavy atom. The summed E-state index contributed by atoms with van der Waals surface area (Å²) in [6.45, 7) is 6.68. The molecular weight excluding hydrogens is 350 g/mol. The van der Waals surface area contributed by atoms with Gasteiger partial charge in [-0.25, -0.2) is 0 Å². The highest BCUT2D eigenvalue weighted by Crippen LogP contribution is 2.21. The van der Waals surface area contributed by atoms with Crippen molar-refractivity contribution in [2.75, 3.05) is 12.3 Å². The zero-order valence-electron chi connectivity index (χ0n) is 14.6. The van der Waals surface area contributed by atoms with Crippen LogP contribution in [0.2, 0.25) is 0 Å². The molecule has 0 spiro atoms. The minimum absolute atomic E-state index is 0.0609. The second-order valence-electron chi connectivity index (χ2n) is 5.83. The lowest BCUT2D eigenvalue weighted by Crippen LogP contribution is -2.25. The van der Waals surface area contributed by atoms with Crippen molar-refractivity contribution in [1.82, 2.24) is 24.5 Å². The van der Waals surface area contributed by atoms with Crippen molar-refractivity contribution < 1.29 is 4.79 Å².